The summed E-state index contributed by atoms with van der Waals surface area (Å²) in [6.45, 7) is 2.79. The van der Waals surface area contributed by atoms with Crippen molar-refractivity contribution >= 4 is 11.4 Å². The molecule has 0 saturated carbocycles. The predicted octanol–water partition coefficient (Wildman–Crippen LogP) is 1.62. The van der Waals surface area contributed by atoms with Crippen LogP contribution < -0.4 is 11.1 Å². The highest BCUT2D eigenvalue weighted by atomic mass is 15.3. The Balaban J connectivity index is 1.77. The number of rotatable bonds is 5. The highest BCUT2D eigenvalue weighted by Crippen LogP contribution is 2.17. The largest absolute Gasteiger partial charge is 0.399 e. The molecule has 1 aliphatic rings. The molecule has 0 fully saturated rings. The van der Waals surface area contributed by atoms with E-state index in [4.69, 9.17) is 11.0 Å². The summed E-state index contributed by atoms with van der Waals surface area (Å²) in [6, 6.07) is 7.51. The molecule has 0 aromatic heterocycles. The van der Waals surface area contributed by atoms with Crippen LogP contribution in [-0.4, -0.2) is 36.6 Å². The van der Waals surface area contributed by atoms with Crippen molar-refractivity contribution in [3.63, 3.8) is 0 Å². The molecule has 1 aromatic carbocycles. The fourth-order valence-electron chi connectivity index (χ4n) is 2.05. The molecule has 2 rings (SSSR count). The highest BCUT2D eigenvalue weighted by molar-refractivity contribution is 5.62. The number of hydrogen-bond donors (Lipinski definition) is 2. The minimum absolute atomic E-state index is 0.598. The van der Waals surface area contributed by atoms with Crippen LogP contribution in [0.5, 0.6) is 0 Å². The standard InChI is InChI=1S/C14H19N5/c1-18-7-8-19(11-18)6-2-5-17-14-4-3-13(16)9-12(14)10-15/h3-4,7-9,17H,2,5-6,11,16H2,1H3. The Bertz CT molecular complexity index is 503. The molecule has 0 aliphatic carbocycles. The summed E-state index contributed by atoms with van der Waals surface area (Å²) in [6.07, 6.45) is 5.19. The molecule has 0 spiro atoms. The van der Waals surface area contributed by atoms with Gasteiger partial charge in [0.05, 0.1) is 17.9 Å². The minimum atomic E-state index is 0.598. The van der Waals surface area contributed by atoms with E-state index in [1.807, 2.05) is 6.07 Å². The minimum Gasteiger partial charge on any atom is -0.399 e. The van der Waals surface area contributed by atoms with Crippen LogP contribution in [0, 0.1) is 11.3 Å². The van der Waals surface area contributed by atoms with E-state index in [0.29, 0.717) is 11.3 Å². The van der Waals surface area contributed by atoms with Gasteiger partial charge in [0, 0.05) is 38.2 Å². The van der Waals surface area contributed by atoms with E-state index in [1.165, 1.54) is 0 Å². The molecule has 1 aromatic rings. The van der Waals surface area contributed by atoms with Crippen LogP contribution in [-0.2, 0) is 0 Å². The van der Waals surface area contributed by atoms with Gasteiger partial charge in [-0.15, -0.1) is 0 Å². The van der Waals surface area contributed by atoms with Crippen molar-refractivity contribution in [3.8, 4) is 6.07 Å². The molecule has 1 aliphatic heterocycles. The van der Waals surface area contributed by atoms with E-state index in [2.05, 4.69) is 40.6 Å². The van der Waals surface area contributed by atoms with Crippen molar-refractivity contribution in [3.05, 3.63) is 36.2 Å². The lowest BCUT2D eigenvalue weighted by Crippen LogP contribution is -2.24. The van der Waals surface area contributed by atoms with Crippen molar-refractivity contribution in [2.75, 3.05) is 37.9 Å². The van der Waals surface area contributed by atoms with E-state index in [-0.39, 0.29) is 0 Å². The van der Waals surface area contributed by atoms with Crippen LogP contribution >= 0.6 is 0 Å². The highest BCUT2D eigenvalue weighted by Gasteiger charge is 2.07. The summed E-state index contributed by atoms with van der Waals surface area (Å²) >= 11 is 0. The van der Waals surface area contributed by atoms with Gasteiger partial charge >= 0.3 is 0 Å². The number of benzene rings is 1. The van der Waals surface area contributed by atoms with Gasteiger partial charge in [-0.25, -0.2) is 0 Å². The van der Waals surface area contributed by atoms with Crippen LogP contribution in [0.25, 0.3) is 0 Å². The van der Waals surface area contributed by atoms with Crippen molar-refractivity contribution in [1.82, 2.24) is 9.80 Å². The topological polar surface area (TPSA) is 68.3 Å². The van der Waals surface area contributed by atoms with Crippen LogP contribution in [0.1, 0.15) is 12.0 Å². The maximum atomic E-state index is 9.03. The van der Waals surface area contributed by atoms with Crippen molar-refractivity contribution < 1.29 is 0 Å². The van der Waals surface area contributed by atoms with E-state index < -0.39 is 0 Å². The first-order valence-electron chi connectivity index (χ1n) is 6.35. The maximum absolute atomic E-state index is 9.03. The summed E-state index contributed by atoms with van der Waals surface area (Å²) < 4.78 is 0. The Kier molecular flexibility index (Phi) is 4.14. The van der Waals surface area contributed by atoms with Gasteiger partial charge in [-0.3, -0.25) is 0 Å². The number of anilines is 2. The second-order valence-electron chi connectivity index (χ2n) is 4.71. The van der Waals surface area contributed by atoms with Gasteiger partial charge in [0.25, 0.3) is 0 Å². The van der Waals surface area contributed by atoms with Crippen molar-refractivity contribution in [1.29, 1.82) is 5.26 Å². The lowest BCUT2D eigenvalue weighted by atomic mass is 10.1. The maximum Gasteiger partial charge on any atom is 0.101 e. The second kappa shape index (κ2) is 6.01. The van der Waals surface area contributed by atoms with Gasteiger partial charge < -0.3 is 20.9 Å². The number of nitrogens with one attached hydrogen (secondary N) is 1. The average molecular weight is 257 g/mol. The fourth-order valence-corrected chi connectivity index (χ4v) is 2.05. The SMILES string of the molecule is CN1C=CN(CCCNc2ccc(N)cc2C#N)C1. The first-order valence-corrected chi connectivity index (χ1v) is 6.35. The Morgan fingerprint density at radius 1 is 1.42 bits per heavy atom. The summed E-state index contributed by atoms with van der Waals surface area (Å²) in [5.74, 6) is 0. The van der Waals surface area contributed by atoms with Gasteiger partial charge in [0.2, 0.25) is 0 Å². The molecular formula is C14H19N5. The molecular weight excluding hydrogens is 238 g/mol. The zero-order valence-corrected chi connectivity index (χ0v) is 11.1. The number of nitriles is 1. The Hall–Kier alpha value is -2.35. The van der Waals surface area contributed by atoms with Crippen LogP contribution in [0.15, 0.2) is 30.6 Å². The molecule has 0 atom stereocenters. The lowest BCUT2D eigenvalue weighted by Gasteiger charge is -2.18. The molecule has 100 valence electrons. The quantitative estimate of drug-likeness (QED) is 0.619. The van der Waals surface area contributed by atoms with Crippen molar-refractivity contribution in [2.45, 2.75) is 6.42 Å². The van der Waals surface area contributed by atoms with Crippen LogP contribution in [0.4, 0.5) is 11.4 Å². The molecule has 3 N–H and O–H groups in total. The monoisotopic (exact) mass is 257 g/mol. The van der Waals surface area contributed by atoms with Gasteiger partial charge in [-0.1, -0.05) is 0 Å². The molecule has 0 radical (unpaired) electrons. The third-order valence-electron chi connectivity index (χ3n) is 3.04. The van der Waals surface area contributed by atoms with Gasteiger partial charge in [0.1, 0.15) is 6.07 Å². The van der Waals surface area contributed by atoms with E-state index in [9.17, 15) is 0 Å². The fraction of sp³-hybridized carbons (Fsp3) is 0.357. The van der Waals surface area contributed by atoms with Crippen molar-refractivity contribution in [2.24, 2.45) is 0 Å². The molecule has 5 heteroatoms. The molecule has 0 amide bonds. The van der Waals surface area contributed by atoms with Crippen LogP contribution in [0.3, 0.4) is 0 Å². The Morgan fingerprint density at radius 3 is 2.95 bits per heavy atom. The third-order valence-corrected chi connectivity index (χ3v) is 3.04. The third kappa shape index (κ3) is 3.55. The summed E-state index contributed by atoms with van der Waals surface area (Å²) in [4.78, 5) is 4.40. The second-order valence-corrected chi connectivity index (χ2v) is 4.71. The lowest BCUT2D eigenvalue weighted by molar-refractivity contribution is 0.296. The molecule has 1 heterocycles. The number of nitrogen functional groups attached to an aromatic ring is 1. The number of nitrogens with zero attached hydrogens (tertiary/aromatic N) is 3. The first kappa shape index (κ1) is 13.1. The molecule has 0 unspecified atom stereocenters. The molecule has 5 nitrogen and oxygen atoms in total. The first-order chi connectivity index (χ1) is 9.19. The smallest absolute Gasteiger partial charge is 0.101 e. The zero-order chi connectivity index (χ0) is 13.7. The molecule has 0 bridgehead atoms. The van der Waals surface area contributed by atoms with Crippen LogP contribution in [0.2, 0.25) is 0 Å². The summed E-state index contributed by atoms with van der Waals surface area (Å²) in [5, 5.41) is 12.3. The normalized spacial score (nSPS) is 13.7. The van der Waals surface area contributed by atoms with Gasteiger partial charge in [0.15, 0.2) is 0 Å². The van der Waals surface area contributed by atoms with E-state index in [0.717, 1.165) is 31.9 Å². The summed E-state index contributed by atoms with van der Waals surface area (Å²) in [7, 11) is 2.06. The van der Waals surface area contributed by atoms with E-state index >= 15 is 0 Å². The zero-order valence-electron chi connectivity index (χ0n) is 11.1. The average Bonchev–Trinajstić information content (AvgIpc) is 2.81. The summed E-state index contributed by atoms with van der Waals surface area (Å²) in [5.41, 5.74) is 7.72. The predicted molar refractivity (Wildman–Crippen MR) is 77.2 cm³/mol. The number of nitrogens with two attached hydrogens (primary N) is 1. The number of hydrogen-bond acceptors (Lipinski definition) is 5. The van der Waals surface area contributed by atoms with E-state index in [1.54, 1.807) is 12.1 Å². The molecule has 0 saturated heterocycles. The Labute approximate surface area is 113 Å². The Morgan fingerprint density at radius 2 is 2.26 bits per heavy atom. The van der Waals surface area contributed by atoms with Gasteiger partial charge in [-0.2, -0.15) is 5.26 Å². The van der Waals surface area contributed by atoms with Gasteiger partial charge in [-0.05, 0) is 24.6 Å². The molecule has 19 heavy (non-hydrogen) atoms.